The average molecular weight is 364 g/mol. The first-order valence-corrected chi connectivity index (χ1v) is 10.4. The zero-order valence-electron chi connectivity index (χ0n) is 14.2. The number of carbonyl (C=O) groups is 2. The molecule has 25 heavy (non-hydrogen) atoms. The molecule has 0 spiro atoms. The molecule has 2 amide bonds. The number of nitrogens with one attached hydrogen (secondary N) is 1. The van der Waals surface area contributed by atoms with Crippen molar-refractivity contribution >= 4 is 21.8 Å². The number of rotatable bonds is 4. The molecule has 0 radical (unpaired) electrons. The smallest absolute Gasteiger partial charge is 0.267 e. The molecule has 136 valence electrons. The van der Waals surface area contributed by atoms with Gasteiger partial charge < -0.3 is 5.32 Å². The molecule has 1 saturated heterocycles. The highest BCUT2D eigenvalue weighted by Gasteiger charge is 2.44. The van der Waals surface area contributed by atoms with Crippen LogP contribution in [0.25, 0.3) is 0 Å². The Labute approximate surface area is 148 Å². The van der Waals surface area contributed by atoms with Crippen molar-refractivity contribution in [3.63, 3.8) is 0 Å². The summed E-state index contributed by atoms with van der Waals surface area (Å²) in [4.78, 5) is 25.0. The van der Waals surface area contributed by atoms with Gasteiger partial charge in [0.05, 0.1) is 4.90 Å². The molecule has 1 heterocycles. The third kappa shape index (κ3) is 3.86. The van der Waals surface area contributed by atoms with Crippen LogP contribution >= 0.6 is 0 Å². The van der Waals surface area contributed by atoms with E-state index in [0.29, 0.717) is 0 Å². The standard InChI is InChI=1S/C18H24N2O4S/c21-17-13-12-16(18(22)19-14-8-4-1-2-5-9-14)20(17)25(23,24)15-10-6-3-7-11-15/h3,6-7,10-11,14,16H,1-2,4-5,8-9,12-13H2,(H,19,22). The molecule has 1 aromatic carbocycles. The molecule has 1 aliphatic heterocycles. The van der Waals surface area contributed by atoms with Crippen LogP contribution in [0.1, 0.15) is 51.4 Å². The first-order chi connectivity index (χ1) is 12.0. The molecule has 0 bridgehead atoms. The van der Waals surface area contributed by atoms with Crippen molar-refractivity contribution < 1.29 is 18.0 Å². The van der Waals surface area contributed by atoms with E-state index in [-0.39, 0.29) is 29.7 Å². The van der Waals surface area contributed by atoms with Gasteiger partial charge in [0.1, 0.15) is 6.04 Å². The zero-order chi connectivity index (χ0) is 17.9. The second-order valence-electron chi connectivity index (χ2n) is 6.76. The lowest BCUT2D eigenvalue weighted by Crippen LogP contribution is -2.49. The monoisotopic (exact) mass is 364 g/mol. The van der Waals surface area contributed by atoms with Crippen LogP contribution in [0.5, 0.6) is 0 Å². The van der Waals surface area contributed by atoms with Gasteiger partial charge in [-0.15, -0.1) is 0 Å². The molecule has 1 saturated carbocycles. The van der Waals surface area contributed by atoms with Crippen LogP contribution in [0, 0.1) is 0 Å². The Morgan fingerprint density at radius 3 is 2.28 bits per heavy atom. The van der Waals surface area contributed by atoms with Gasteiger partial charge in [-0.05, 0) is 31.4 Å². The van der Waals surface area contributed by atoms with Crippen LogP contribution < -0.4 is 5.32 Å². The fraction of sp³-hybridized carbons (Fsp3) is 0.556. The number of hydrogen-bond donors (Lipinski definition) is 1. The van der Waals surface area contributed by atoms with E-state index in [1.807, 2.05) is 0 Å². The molecule has 6 nitrogen and oxygen atoms in total. The maximum absolute atomic E-state index is 12.8. The van der Waals surface area contributed by atoms with Crippen LogP contribution in [0.4, 0.5) is 0 Å². The van der Waals surface area contributed by atoms with Gasteiger partial charge in [-0.25, -0.2) is 12.7 Å². The summed E-state index contributed by atoms with van der Waals surface area (Å²) in [6.07, 6.45) is 6.63. The number of sulfonamides is 1. The van der Waals surface area contributed by atoms with Crippen LogP contribution in [0.15, 0.2) is 35.2 Å². The first kappa shape index (κ1) is 17.9. The normalized spacial score (nSPS) is 22.6. The summed E-state index contributed by atoms with van der Waals surface area (Å²) < 4.78 is 26.5. The summed E-state index contributed by atoms with van der Waals surface area (Å²) in [7, 11) is -4.01. The van der Waals surface area contributed by atoms with E-state index in [9.17, 15) is 18.0 Å². The van der Waals surface area contributed by atoms with Crippen molar-refractivity contribution in [2.24, 2.45) is 0 Å². The summed E-state index contributed by atoms with van der Waals surface area (Å²) in [6, 6.07) is 6.94. The molecule has 0 aromatic heterocycles. The Morgan fingerprint density at radius 1 is 1.00 bits per heavy atom. The average Bonchev–Trinajstić information content (AvgIpc) is 2.83. The first-order valence-electron chi connectivity index (χ1n) is 8.93. The Kier molecular flexibility index (Phi) is 5.42. The van der Waals surface area contributed by atoms with Crippen molar-refractivity contribution in [3.8, 4) is 0 Å². The van der Waals surface area contributed by atoms with Crippen molar-refractivity contribution in [1.82, 2.24) is 9.62 Å². The minimum absolute atomic E-state index is 0.0394. The van der Waals surface area contributed by atoms with E-state index < -0.39 is 22.0 Å². The molecule has 7 heteroatoms. The maximum Gasteiger partial charge on any atom is 0.267 e. The molecule has 3 rings (SSSR count). The Hall–Kier alpha value is -1.89. The number of amides is 2. The van der Waals surface area contributed by atoms with Gasteiger partial charge in [0.15, 0.2) is 0 Å². The van der Waals surface area contributed by atoms with Crippen molar-refractivity contribution in [3.05, 3.63) is 30.3 Å². The quantitative estimate of drug-likeness (QED) is 0.830. The topological polar surface area (TPSA) is 83.6 Å². The summed E-state index contributed by atoms with van der Waals surface area (Å²) in [6.45, 7) is 0. The van der Waals surface area contributed by atoms with Gasteiger partial charge in [0, 0.05) is 12.5 Å². The zero-order valence-corrected chi connectivity index (χ0v) is 15.0. The van der Waals surface area contributed by atoms with Gasteiger partial charge in [0.25, 0.3) is 10.0 Å². The van der Waals surface area contributed by atoms with Crippen molar-refractivity contribution in [2.45, 2.75) is 68.3 Å². The van der Waals surface area contributed by atoms with Crippen LogP contribution in [0.3, 0.4) is 0 Å². The van der Waals surface area contributed by atoms with E-state index in [1.165, 1.54) is 25.0 Å². The minimum atomic E-state index is -4.01. The number of nitrogens with zero attached hydrogens (tertiary/aromatic N) is 1. The van der Waals surface area contributed by atoms with E-state index in [4.69, 9.17) is 0 Å². The lowest BCUT2D eigenvalue weighted by molar-refractivity contribution is -0.131. The second-order valence-corrected chi connectivity index (χ2v) is 8.57. The van der Waals surface area contributed by atoms with Crippen LogP contribution in [0.2, 0.25) is 0 Å². The highest BCUT2D eigenvalue weighted by molar-refractivity contribution is 7.89. The Balaban J connectivity index is 1.78. The van der Waals surface area contributed by atoms with Crippen molar-refractivity contribution in [1.29, 1.82) is 0 Å². The molecule has 1 atom stereocenters. The van der Waals surface area contributed by atoms with Crippen LogP contribution in [-0.4, -0.2) is 36.6 Å². The molecular weight excluding hydrogens is 340 g/mol. The molecule has 2 fully saturated rings. The fourth-order valence-corrected chi connectivity index (χ4v) is 5.25. The lowest BCUT2D eigenvalue weighted by atomic mass is 10.1. The number of hydrogen-bond acceptors (Lipinski definition) is 4. The summed E-state index contributed by atoms with van der Waals surface area (Å²) >= 11 is 0. The molecule has 2 aliphatic rings. The minimum Gasteiger partial charge on any atom is -0.352 e. The molecular formula is C18H24N2O4S. The summed E-state index contributed by atoms with van der Waals surface area (Å²) in [5, 5.41) is 2.98. The van der Waals surface area contributed by atoms with Crippen molar-refractivity contribution in [2.75, 3.05) is 0 Å². The van der Waals surface area contributed by atoms with Gasteiger partial charge in [-0.1, -0.05) is 43.9 Å². The second kappa shape index (κ2) is 7.56. The molecule has 1 aliphatic carbocycles. The highest BCUT2D eigenvalue weighted by Crippen LogP contribution is 2.28. The largest absolute Gasteiger partial charge is 0.352 e. The van der Waals surface area contributed by atoms with E-state index in [0.717, 1.165) is 30.0 Å². The predicted molar refractivity (Wildman–Crippen MR) is 93.1 cm³/mol. The molecule has 1 unspecified atom stereocenters. The predicted octanol–water partition coefficient (Wildman–Crippen LogP) is 2.21. The van der Waals surface area contributed by atoms with E-state index in [1.54, 1.807) is 18.2 Å². The van der Waals surface area contributed by atoms with E-state index in [2.05, 4.69) is 5.32 Å². The fourth-order valence-electron chi connectivity index (χ4n) is 3.63. The molecule has 1 aromatic rings. The van der Waals surface area contributed by atoms with Gasteiger partial charge >= 0.3 is 0 Å². The third-order valence-electron chi connectivity index (χ3n) is 4.96. The number of carbonyl (C=O) groups excluding carboxylic acids is 2. The summed E-state index contributed by atoms with van der Waals surface area (Å²) in [5.74, 6) is -0.859. The van der Waals surface area contributed by atoms with Gasteiger partial charge in [-0.2, -0.15) is 0 Å². The van der Waals surface area contributed by atoms with Crippen LogP contribution in [-0.2, 0) is 19.6 Å². The van der Waals surface area contributed by atoms with Gasteiger partial charge in [0.2, 0.25) is 11.8 Å². The lowest BCUT2D eigenvalue weighted by Gasteiger charge is -2.26. The Morgan fingerprint density at radius 2 is 1.64 bits per heavy atom. The number of benzene rings is 1. The highest BCUT2D eigenvalue weighted by atomic mass is 32.2. The van der Waals surface area contributed by atoms with E-state index >= 15 is 0 Å². The SMILES string of the molecule is O=C(NC1CCCCCC1)C1CCC(=O)N1S(=O)(=O)c1ccccc1. The summed E-state index contributed by atoms with van der Waals surface area (Å²) in [5.41, 5.74) is 0. The molecule has 1 N–H and O–H groups in total. The third-order valence-corrected chi connectivity index (χ3v) is 6.81. The Bertz CT molecular complexity index is 725. The maximum atomic E-state index is 12.8. The van der Waals surface area contributed by atoms with Gasteiger partial charge in [-0.3, -0.25) is 9.59 Å².